The van der Waals surface area contributed by atoms with Gasteiger partial charge < -0.3 is 9.47 Å². The minimum absolute atomic E-state index is 0.298. The Labute approximate surface area is 120 Å². The normalized spacial score (nSPS) is 10.4. The maximum absolute atomic E-state index is 11.4. The molecule has 0 fully saturated rings. The summed E-state index contributed by atoms with van der Waals surface area (Å²) in [6.45, 7) is 6.68. The molecule has 0 heterocycles. The van der Waals surface area contributed by atoms with E-state index in [4.69, 9.17) is 9.47 Å². The van der Waals surface area contributed by atoms with Crippen molar-refractivity contribution < 1.29 is 14.3 Å². The van der Waals surface area contributed by atoms with Crippen LogP contribution < -0.4 is 4.74 Å². The predicted molar refractivity (Wildman–Crippen MR) is 81.7 cm³/mol. The molecule has 20 heavy (non-hydrogen) atoms. The summed E-state index contributed by atoms with van der Waals surface area (Å²) in [5.41, 5.74) is 0.932. The van der Waals surface area contributed by atoms with Gasteiger partial charge in [0, 0.05) is 6.08 Å². The van der Waals surface area contributed by atoms with Crippen LogP contribution >= 0.6 is 0 Å². The number of rotatable bonds is 9. The third-order valence-corrected chi connectivity index (χ3v) is 2.65. The van der Waals surface area contributed by atoms with E-state index in [9.17, 15) is 4.79 Å². The van der Waals surface area contributed by atoms with Crippen molar-refractivity contribution in [1.82, 2.24) is 0 Å². The summed E-state index contributed by atoms with van der Waals surface area (Å²) in [7, 11) is 0. The van der Waals surface area contributed by atoms with Gasteiger partial charge in [0.15, 0.2) is 0 Å². The molecule has 0 saturated heterocycles. The Hall–Kier alpha value is -2.03. The van der Waals surface area contributed by atoms with Crippen LogP contribution in [0.2, 0.25) is 0 Å². The van der Waals surface area contributed by atoms with E-state index < -0.39 is 0 Å². The standard InChI is InChI=1S/C17H22O3/c1-3-5-6-14-20-17(18)12-9-15-7-10-16(11-8-15)19-13-4-2/h4,7-12H,2-3,5-6,13-14H2,1H3/b12-9+. The van der Waals surface area contributed by atoms with Gasteiger partial charge in [-0.05, 0) is 30.2 Å². The van der Waals surface area contributed by atoms with Crippen molar-refractivity contribution in [3.8, 4) is 5.75 Å². The van der Waals surface area contributed by atoms with Gasteiger partial charge in [0.25, 0.3) is 0 Å². The van der Waals surface area contributed by atoms with Gasteiger partial charge in [-0.25, -0.2) is 4.79 Å². The zero-order chi connectivity index (χ0) is 14.6. The van der Waals surface area contributed by atoms with Crippen molar-refractivity contribution in [3.63, 3.8) is 0 Å². The van der Waals surface area contributed by atoms with E-state index in [1.165, 1.54) is 6.08 Å². The third kappa shape index (κ3) is 6.78. The van der Waals surface area contributed by atoms with Crippen molar-refractivity contribution >= 4 is 12.0 Å². The number of hydrogen-bond donors (Lipinski definition) is 0. The monoisotopic (exact) mass is 274 g/mol. The molecule has 0 saturated carbocycles. The predicted octanol–water partition coefficient (Wildman–Crippen LogP) is 4.00. The second-order valence-electron chi connectivity index (χ2n) is 4.38. The average molecular weight is 274 g/mol. The SMILES string of the molecule is C=CCOc1ccc(/C=C/C(=O)OCCCCC)cc1. The lowest BCUT2D eigenvalue weighted by molar-refractivity contribution is -0.137. The molecule has 3 nitrogen and oxygen atoms in total. The Kier molecular flexibility index (Phi) is 7.89. The quantitative estimate of drug-likeness (QED) is 0.295. The number of unbranched alkanes of at least 4 members (excludes halogenated alkanes) is 2. The Balaban J connectivity index is 2.37. The van der Waals surface area contributed by atoms with Crippen LogP contribution in [0.25, 0.3) is 6.08 Å². The van der Waals surface area contributed by atoms with E-state index in [2.05, 4.69) is 13.5 Å². The van der Waals surface area contributed by atoms with Crippen molar-refractivity contribution in [2.45, 2.75) is 26.2 Å². The maximum atomic E-state index is 11.4. The fraction of sp³-hybridized carbons (Fsp3) is 0.353. The average Bonchev–Trinajstić information content (AvgIpc) is 2.48. The van der Waals surface area contributed by atoms with Crippen LogP contribution in [0.1, 0.15) is 31.7 Å². The maximum Gasteiger partial charge on any atom is 0.330 e. The minimum Gasteiger partial charge on any atom is -0.490 e. The largest absolute Gasteiger partial charge is 0.490 e. The first-order valence-corrected chi connectivity index (χ1v) is 6.95. The summed E-state index contributed by atoms with van der Waals surface area (Å²) in [6.07, 6.45) is 8.01. The molecule has 0 radical (unpaired) electrons. The zero-order valence-electron chi connectivity index (χ0n) is 12.0. The van der Waals surface area contributed by atoms with Gasteiger partial charge in [-0.3, -0.25) is 0 Å². The Morgan fingerprint density at radius 2 is 2.00 bits per heavy atom. The van der Waals surface area contributed by atoms with E-state index in [1.54, 1.807) is 12.2 Å². The molecule has 0 aliphatic rings. The molecule has 0 spiro atoms. The smallest absolute Gasteiger partial charge is 0.330 e. The number of carbonyl (C=O) groups excluding carboxylic acids is 1. The highest BCUT2D eigenvalue weighted by Crippen LogP contribution is 2.13. The molecule has 3 heteroatoms. The lowest BCUT2D eigenvalue weighted by Crippen LogP contribution is -2.01. The van der Waals surface area contributed by atoms with Crippen LogP contribution in [-0.2, 0) is 9.53 Å². The summed E-state index contributed by atoms with van der Waals surface area (Å²) < 4.78 is 10.5. The van der Waals surface area contributed by atoms with E-state index in [-0.39, 0.29) is 5.97 Å². The van der Waals surface area contributed by atoms with Gasteiger partial charge in [0.05, 0.1) is 6.61 Å². The summed E-state index contributed by atoms with van der Waals surface area (Å²) in [5, 5.41) is 0. The summed E-state index contributed by atoms with van der Waals surface area (Å²) in [5.74, 6) is 0.484. The van der Waals surface area contributed by atoms with E-state index in [1.807, 2.05) is 24.3 Å². The first-order valence-electron chi connectivity index (χ1n) is 6.95. The first-order chi connectivity index (χ1) is 9.76. The second-order valence-corrected chi connectivity index (χ2v) is 4.38. The van der Waals surface area contributed by atoms with Gasteiger partial charge in [0.2, 0.25) is 0 Å². The van der Waals surface area contributed by atoms with Crippen LogP contribution in [0.5, 0.6) is 5.75 Å². The molecule has 1 rings (SSSR count). The second kappa shape index (κ2) is 9.84. The van der Waals surface area contributed by atoms with Crippen LogP contribution in [0.4, 0.5) is 0 Å². The van der Waals surface area contributed by atoms with Crippen LogP contribution in [0, 0.1) is 0 Å². The van der Waals surface area contributed by atoms with Gasteiger partial charge in [-0.1, -0.05) is 44.6 Å². The molecule has 108 valence electrons. The molecule has 0 aliphatic heterocycles. The Morgan fingerprint density at radius 3 is 2.65 bits per heavy atom. The van der Waals surface area contributed by atoms with E-state index in [0.717, 1.165) is 30.6 Å². The number of benzene rings is 1. The lowest BCUT2D eigenvalue weighted by Gasteiger charge is -2.03. The molecule has 0 N–H and O–H groups in total. The number of ether oxygens (including phenoxy) is 2. The molecule has 0 atom stereocenters. The fourth-order valence-corrected chi connectivity index (χ4v) is 1.57. The highest BCUT2D eigenvalue weighted by Gasteiger charge is 1.97. The number of hydrogen-bond acceptors (Lipinski definition) is 3. The van der Waals surface area contributed by atoms with Gasteiger partial charge in [-0.15, -0.1) is 0 Å². The van der Waals surface area contributed by atoms with Crippen LogP contribution in [0.3, 0.4) is 0 Å². The topological polar surface area (TPSA) is 35.5 Å². The summed E-state index contributed by atoms with van der Waals surface area (Å²) in [6, 6.07) is 7.49. The zero-order valence-corrected chi connectivity index (χ0v) is 12.0. The Morgan fingerprint density at radius 1 is 1.25 bits per heavy atom. The number of carbonyl (C=O) groups is 1. The highest BCUT2D eigenvalue weighted by molar-refractivity contribution is 5.87. The molecule has 1 aromatic rings. The van der Waals surface area contributed by atoms with Gasteiger partial charge >= 0.3 is 5.97 Å². The first kappa shape index (κ1) is 16.0. The fourth-order valence-electron chi connectivity index (χ4n) is 1.57. The van der Waals surface area contributed by atoms with E-state index >= 15 is 0 Å². The molecule has 0 bridgehead atoms. The molecule has 0 unspecified atom stereocenters. The Bertz CT molecular complexity index is 432. The van der Waals surface area contributed by atoms with Crippen molar-refractivity contribution in [2.24, 2.45) is 0 Å². The summed E-state index contributed by atoms with van der Waals surface area (Å²) in [4.78, 5) is 11.4. The minimum atomic E-state index is -0.298. The molecule has 0 aromatic heterocycles. The van der Waals surface area contributed by atoms with E-state index in [0.29, 0.717) is 13.2 Å². The lowest BCUT2D eigenvalue weighted by atomic mass is 10.2. The van der Waals surface area contributed by atoms with Crippen LogP contribution in [0.15, 0.2) is 43.0 Å². The van der Waals surface area contributed by atoms with Gasteiger partial charge in [0.1, 0.15) is 12.4 Å². The van der Waals surface area contributed by atoms with Crippen LogP contribution in [-0.4, -0.2) is 19.2 Å². The molecule has 0 amide bonds. The van der Waals surface area contributed by atoms with Crippen molar-refractivity contribution in [3.05, 3.63) is 48.6 Å². The van der Waals surface area contributed by atoms with Crippen molar-refractivity contribution in [2.75, 3.05) is 13.2 Å². The highest BCUT2D eigenvalue weighted by atomic mass is 16.5. The molecular weight excluding hydrogens is 252 g/mol. The third-order valence-electron chi connectivity index (χ3n) is 2.65. The molecular formula is C17H22O3. The summed E-state index contributed by atoms with van der Waals surface area (Å²) >= 11 is 0. The molecule has 1 aromatic carbocycles. The number of esters is 1. The van der Waals surface area contributed by atoms with Crippen molar-refractivity contribution in [1.29, 1.82) is 0 Å². The van der Waals surface area contributed by atoms with Gasteiger partial charge in [-0.2, -0.15) is 0 Å². The molecule has 0 aliphatic carbocycles.